The van der Waals surface area contributed by atoms with E-state index in [0.29, 0.717) is 21.3 Å². The fraction of sp³-hybridized carbons (Fsp3) is 0.357. The number of benzene rings is 1. The molecule has 0 fully saturated rings. The molecule has 0 heterocycles. The van der Waals surface area contributed by atoms with Crippen LogP contribution in [0.3, 0.4) is 0 Å². The topological polar surface area (TPSA) is 83.2 Å². The molecule has 0 aliphatic heterocycles. The van der Waals surface area contributed by atoms with Gasteiger partial charge in [0.05, 0.1) is 22.2 Å². The molecule has 1 rings (SSSR count). The van der Waals surface area contributed by atoms with Crippen LogP contribution >= 0.6 is 23.2 Å². The van der Waals surface area contributed by atoms with E-state index >= 15 is 0 Å². The number of nitrogens with two attached hydrogens (primary N) is 1. The summed E-state index contributed by atoms with van der Waals surface area (Å²) < 4.78 is 5.05. The highest BCUT2D eigenvalue weighted by atomic mass is 35.5. The molecule has 1 aromatic rings. The highest BCUT2D eigenvalue weighted by Gasteiger charge is 2.28. The Kier molecular flexibility index (Phi) is 6.48. The number of esters is 1. The Balaban J connectivity index is 3.49. The van der Waals surface area contributed by atoms with Gasteiger partial charge in [0.25, 0.3) is 0 Å². The summed E-state index contributed by atoms with van der Waals surface area (Å²) >= 11 is 12.3. The molecule has 0 aliphatic carbocycles. The number of halogens is 2. The van der Waals surface area contributed by atoms with Gasteiger partial charge in [0, 0.05) is 6.04 Å². The molecule has 7 heteroatoms. The molecule has 1 aromatic carbocycles. The molecule has 0 aliphatic rings. The number of hydrogen-bond donors (Lipinski definition) is 2. The molecule has 5 nitrogen and oxygen atoms in total. The third-order valence-corrected chi connectivity index (χ3v) is 3.46. The van der Waals surface area contributed by atoms with E-state index in [2.05, 4.69) is 5.73 Å². The smallest absolute Gasteiger partial charge is 0.362 e. The first-order valence-electron chi connectivity index (χ1n) is 6.52. The van der Waals surface area contributed by atoms with Crippen molar-refractivity contribution in [2.45, 2.75) is 26.8 Å². The first-order chi connectivity index (χ1) is 9.81. The van der Waals surface area contributed by atoms with Crippen molar-refractivity contribution in [3.05, 3.63) is 39.5 Å². The summed E-state index contributed by atoms with van der Waals surface area (Å²) in [5.41, 5.74) is 4.87. The van der Waals surface area contributed by atoms with E-state index in [0.717, 1.165) is 0 Å². The maximum Gasteiger partial charge on any atom is 0.362 e. The highest BCUT2D eigenvalue weighted by Crippen LogP contribution is 2.30. The van der Waals surface area contributed by atoms with Crippen molar-refractivity contribution in [2.24, 2.45) is 5.84 Å². The zero-order valence-electron chi connectivity index (χ0n) is 12.3. The van der Waals surface area contributed by atoms with E-state index in [1.807, 2.05) is 13.8 Å². The van der Waals surface area contributed by atoms with E-state index in [4.69, 9.17) is 33.8 Å². The van der Waals surface area contributed by atoms with Crippen molar-refractivity contribution in [2.75, 3.05) is 6.61 Å². The van der Waals surface area contributed by atoms with Crippen molar-refractivity contribution in [3.63, 3.8) is 0 Å². The molecule has 21 heavy (non-hydrogen) atoms. The number of hydrazine groups is 1. The Morgan fingerprint density at radius 1 is 1.38 bits per heavy atom. The minimum Gasteiger partial charge on any atom is -0.461 e. The molecule has 0 bridgehead atoms. The number of hydrogen-bond acceptors (Lipinski definition) is 4. The summed E-state index contributed by atoms with van der Waals surface area (Å²) in [7, 11) is 0. The molecule has 0 radical (unpaired) electrons. The molecule has 0 spiro atoms. The van der Waals surface area contributed by atoms with Crippen LogP contribution in [0.1, 0.15) is 26.3 Å². The van der Waals surface area contributed by atoms with Crippen molar-refractivity contribution in [1.82, 2.24) is 5.01 Å². The molecular formula is C14H20Cl2N3O2+. The van der Waals surface area contributed by atoms with Gasteiger partial charge in [-0.15, -0.1) is 0 Å². The van der Waals surface area contributed by atoms with Crippen LogP contribution in [0.2, 0.25) is 10.0 Å². The molecule has 0 amide bonds. The van der Waals surface area contributed by atoms with Crippen molar-refractivity contribution >= 4 is 34.9 Å². The Morgan fingerprint density at radius 2 is 1.90 bits per heavy atom. The summed E-state index contributed by atoms with van der Waals surface area (Å²) in [4.78, 5) is 12.2. The lowest BCUT2D eigenvalue weighted by atomic mass is 10.1. The molecule has 0 saturated heterocycles. The lowest BCUT2D eigenvalue weighted by molar-refractivity contribution is -0.246. The SMILES string of the molecule is CCOC(=O)C(=C([NH3+])c1c(Cl)cccc1Cl)N(N)C(C)C. The molecule has 0 unspecified atom stereocenters. The number of quaternary nitrogens is 1. The van der Waals surface area contributed by atoms with Crippen LogP contribution in [0.25, 0.3) is 5.70 Å². The van der Waals surface area contributed by atoms with Gasteiger partial charge in [0.1, 0.15) is 0 Å². The molecule has 116 valence electrons. The highest BCUT2D eigenvalue weighted by molar-refractivity contribution is 6.37. The van der Waals surface area contributed by atoms with Crippen LogP contribution < -0.4 is 11.6 Å². The van der Waals surface area contributed by atoms with E-state index in [1.54, 1.807) is 25.1 Å². The fourth-order valence-corrected chi connectivity index (χ4v) is 2.37. The largest absolute Gasteiger partial charge is 0.461 e. The van der Waals surface area contributed by atoms with Crippen molar-refractivity contribution < 1.29 is 15.3 Å². The molecule has 0 saturated carbocycles. The second kappa shape index (κ2) is 7.66. The minimum absolute atomic E-state index is 0.123. The zero-order chi connectivity index (χ0) is 16.2. The lowest BCUT2D eigenvalue weighted by Gasteiger charge is -2.25. The van der Waals surface area contributed by atoms with Gasteiger partial charge in [-0.05, 0) is 32.9 Å². The average molecular weight is 333 g/mol. The maximum absolute atomic E-state index is 12.2. The third kappa shape index (κ3) is 4.11. The first kappa shape index (κ1) is 17.8. The summed E-state index contributed by atoms with van der Waals surface area (Å²) in [5, 5.41) is 2.10. The van der Waals surface area contributed by atoms with Gasteiger partial charge in [-0.1, -0.05) is 29.3 Å². The Bertz CT molecular complexity index is 539. The van der Waals surface area contributed by atoms with Crippen LogP contribution in [0.4, 0.5) is 0 Å². The third-order valence-electron chi connectivity index (χ3n) is 2.83. The quantitative estimate of drug-likeness (QED) is 0.374. The van der Waals surface area contributed by atoms with Crippen LogP contribution in [0.5, 0.6) is 0 Å². The van der Waals surface area contributed by atoms with Gasteiger partial charge in [-0.3, -0.25) is 5.01 Å². The van der Waals surface area contributed by atoms with Gasteiger partial charge in [-0.25, -0.2) is 10.6 Å². The molecule has 0 aromatic heterocycles. The predicted molar refractivity (Wildman–Crippen MR) is 84.1 cm³/mol. The zero-order valence-corrected chi connectivity index (χ0v) is 13.8. The number of carbonyl (C=O) groups excluding carboxylic acids is 1. The van der Waals surface area contributed by atoms with Crippen LogP contribution in [-0.4, -0.2) is 23.6 Å². The summed E-state index contributed by atoms with van der Waals surface area (Å²) in [6.45, 7) is 5.65. The molecular weight excluding hydrogens is 313 g/mol. The van der Waals surface area contributed by atoms with E-state index in [9.17, 15) is 4.79 Å². The first-order valence-corrected chi connectivity index (χ1v) is 7.28. The van der Waals surface area contributed by atoms with Gasteiger partial charge in [0.2, 0.25) is 0 Å². The molecule has 5 N–H and O–H groups in total. The lowest BCUT2D eigenvalue weighted by Crippen LogP contribution is -2.52. The van der Waals surface area contributed by atoms with Crippen molar-refractivity contribution in [1.29, 1.82) is 0 Å². The monoisotopic (exact) mass is 332 g/mol. The van der Waals surface area contributed by atoms with Gasteiger partial charge in [-0.2, -0.15) is 0 Å². The van der Waals surface area contributed by atoms with Crippen molar-refractivity contribution in [3.8, 4) is 0 Å². The standard InChI is InChI=1S/C14H19Cl2N3O2/c1-4-21-14(20)13(19(18)8(2)3)12(17)11-9(15)6-5-7-10(11)16/h5-8H,4,17-18H2,1-3H3/p+1. The fourth-order valence-electron chi connectivity index (χ4n) is 1.75. The van der Waals surface area contributed by atoms with E-state index in [1.165, 1.54) is 5.01 Å². The Morgan fingerprint density at radius 3 is 2.33 bits per heavy atom. The van der Waals surface area contributed by atoms with Crippen LogP contribution in [0, 0.1) is 0 Å². The summed E-state index contributed by atoms with van der Waals surface area (Å²) in [6, 6.07) is 4.94. The van der Waals surface area contributed by atoms with Crippen LogP contribution in [0.15, 0.2) is 23.9 Å². The number of ether oxygens (including phenoxy) is 1. The number of rotatable bonds is 5. The average Bonchev–Trinajstić information content (AvgIpc) is 2.38. The van der Waals surface area contributed by atoms with E-state index in [-0.39, 0.29) is 18.3 Å². The Labute approximate surface area is 134 Å². The molecule has 0 atom stereocenters. The van der Waals surface area contributed by atoms with Crippen LogP contribution in [-0.2, 0) is 9.53 Å². The second-order valence-corrected chi connectivity index (χ2v) is 5.46. The normalized spacial score (nSPS) is 12.2. The maximum atomic E-state index is 12.2. The van der Waals surface area contributed by atoms with Gasteiger partial charge >= 0.3 is 5.97 Å². The van der Waals surface area contributed by atoms with Gasteiger partial charge < -0.3 is 10.5 Å². The predicted octanol–water partition coefficient (Wildman–Crippen LogP) is 2.05. The number of carbonyl (C=O) groups is 1. The van der Waals surface area contributed by atoms with E-state index < -0.39 is 5.97 Å². The number of nitrogens with zero attached hydrogens (tertiary/aromatic N) is 1. The summed E-state index contributed by atoms with van der Waals surface area (Å²) in [6.07, 6.45) is 0. The second-order valence-electron chi connectivity index (χ2n) is 4.65. The van der Waals surface area contributed by atoms with Gasteiger partial charge in [0.15, 0.2) is 11.4 Å². The Hall–Kier alpha value is -1.27. The summed E-state index contributed by atoms with van der Waals surface area (Å²) in [5.74, 6) is 5.42. The minimum atomic E-state index is -0.560.